The molecular weight excluding hydrogens is 232 g/mol. The van der Waals surface area contributed by atoms with E-state index in [2.05, 4.69) is 0 Å². The Kier molecular flexibility index (Phi) is 5.95. The molecule has 1 aromatic carbocycles. The first-order valence-corrected chi connectivity index (χ1v) is 6.03. The number of rotatable bonds is 7. The summed E-state index contributed by atoms with van der Waals surface area (Å²) in [6.45, 7) is 2.62. The maximum absolute atomic E-state index is 10.4. The first-order chi connectivity index (χ1) is 8.65. The first-order valence-electron chi connectivity index (χ1n) is 6.03. The Labute approximate surface area is 108 Å². The van der Waals surface area contributed by atoms with Gasteiger partial charge >= 0.3 is 0 Å². The summed E-state index contributed by atoms with van der Waals surface area (Å²) in [4.78, 5) is 0. The van der Waals surface area contributed by atoms with Crippen LogP contribution in [0.1, 0.15) is 25.0 Å². The molecule has 1 aromatic rings. The zero-order valence-corrected chi connectivity index (χ0v) is 11.5. The van der Waals surface area contributed by atoms with E-state index < -0.39 is 6.10 Å². The van der Waals surface area contributed by atoms with E-state index >= 15 is 0 Å². The normalized spacial score (nSPS) is 14.1. The monoisotopic (exact) mass is 254 g/mol. The van der Waals surface area contributed by atoms with Gasteiger partial charge in [-0.05, 0) is 18.4 Å². The molecule has 2 unspecified atom stereocenters. The second-order valence-corrected chi connectivity index (χ2v) is 4.29. The van der Waals surface area contributed by atoms with Crippen molar-refractivity contribution in [3.8, 4) is 11.5 Å². The molecule has 0 aliphatic heterocycles. The lowest BCUT2D eigenvalue weighted by atomic mass is 9.94. The molecule has 102 valence electrons. The maximum atomic E-state index is 10.4. The molecule has 0 saturated heterocycles. The largest absolute Gasteiger partial charge is 0.493 e. The molecule has 0 spiro atoms. The zero-order chi connectivity index (χ0) is 13.5. The number of para-hydroxylation sites is 1. The molecule has 4 heteroatoms. The van der Waals surface area contributed by atoms with Crippen LogP contribution in [0.5, 0.6) is 11.5 Å². The van der Waals surface area contributed by atoms with E-state index in [0.717, 1.165) is 12.0 Å². The van der Waals surface area contributed by atoms with Crippen LogP contribution in [0.25, 0.3) is 0 Å². The molecule has 1 rings (SSSR count). The molecule has 0 aromatic heterocycles. The van der Waals surface area contributed by atoms with Crippen LogP contribution in [0.4, 0.5) is 0 Å². The molecule has 0 aliphatic rings. The second-order valence-electron chi connectivity index (χ2n) is 4.29. The highest BCUT2D eigenvalue weighted by Crippen LogP contribution is 2.37. The average Bonchev–Trinajstić information content (AvgIpc) is 2.42. The highest BCUT2D eigenvalue weighted by atomic mass is 16.5. The summed E-state index contributed by atoms with van der Waals surface area (Å²) in [5.41, 5.74) is 0.750. The number of aliphatic hydroxyl groups excluding tert-OH is 1. The minimum Gasteiger partial charge on any atom is -0.493 e. The number of aliphatic hydroxyl groups is 1. The molecule has 0 heterocycles. The van der Waals surface area contributed by atoms with Gasteiger partial charge in [-0.1, -0.05) is 19.1 Å². The Morgan fingerprint density at radius 2 is 1.89 bits per heavy atom. The number of hydrogen-bond acceptors (Lipinski definition) is 4. The summed E-state index contributed by atoms with van der Waals surface area (Å²) in [7, 11) is 4.82. The third-order valence-corrected chi connectivity index (χ3v) is 3.07. The summed E-state index contributed by atoms with van der Waals surface area (Å²) in [6.07, 6.45) is 0.197. The Bertz CT molecular complexity index is 365. The van der Waals surface area contributed by atoms with E-state index in [1.54, 1.807) is 21.3 Å². The van der Waals surface area contributed by atoms with E-state index in [-0.39, 0.29) is 5.92 Å². The highest BCUT2D eigenvalue weighted by molar-refractivity contribution is 5.47. The minimum absolute atomic E-state index is 0.0888. The van der Waals surface area contributed by atoms with Crippen molar-refractivity contribution in [1.82, 2.24) is 0 Å². The Morgan fingerprint density at radius 1 is 1.17 bits per heavy atom. The fourth-order valence-electron chi connectivity index (χ4n) is 1.91. The van der Waals surface area contributed by atoms with E-state index in [0.29, 0.717) is 18.1 Å². The predicted octanol–water partition coefficient (Wildman–Crippen LogP) is 2.41. The molecular formula is C14H22O4. The van der Waals surface area contributed by atoms with Crippen LogP contribution < -0.4 is 9.47 Å². The number of benzene rings is 1. The first kappa shape index (κ1) is 14.8. The van der Waals surface area contributed by atoms with Gasteiger partial charge < -0.3 is 19.3 Å². The van der Waals surface area contributed by atoms with Crippen LogP contribution in [-0.4, -0.2) is 33.0 Å². The fourth-order valence-corrected chi connectivity index (χ4v) is 1.91. The van der Waals surface area contributed by atoms with Gasteiger partial charge in [-0.15, -0.1) is 0 Å². The fraction of sp³-hybridized carbons (Fsp3) is 0.571. The van der Waals surface area contributed by atoms with Crippen LogP contribution in [0.3, 0.4) is 0 Å². The van der Waals surface area contributed by atoms with Crippen LogP contribution >= 0.6 is 0 Å². The number of hydrogen-bond donors (Lipinski definition) is 1. The molecule has 4 nitrogen and oxygen atoms in total. The smallest absolute Gasteiger partial charge is 0.166 e. The number of ether oxygens (including phenoxy) is 3. The summed E-state index contributed by atoms with van der Waals surface area (Å²) >= 11 is 0. The van der Waals surface area contributed by atoms with Crippen LogP contribution in [-0.2, 0) is 4.74 Å². The SMILES string of the molecule is COCCC(C)C(O)c1cccc(OC)c1OC. The van der Waals surface area contributed by atoms with Crippen molar-refractivity contribution in [2.45, 2.75) is 19.4 Å². The van der Waals surface area contributed by atoms with Gasteiger partial charge in [0.1, 0.15) is 0 Å². The van der Waals surface area contributed by atoms with Gasteiger partial charge in [0, 0.05) is 19.3 Å². The van der Waals surface area contributed by atoms with Crippen molar-refractivity contribution >= 4 is 0 Å². The van der Waals surface area contributed by atoms with Crippen molar-refractivity contribution in [1.29, 1.82) is 0 Å². The molecule has 2 atom stereocenters. The lowest BCUT2D eigenvalue weighted by molar-refractivity contribution is 0.0862. The van der Waals surface area contributed by atoms with Crippen molar-refractivity contribution in [2.24, 2.45) is 5.92 Å². The van der Waals surface area contributed by atoms with E-state index in [1.807, 2.05) is 25.1 Å². The Balaban J connectivity index is 2.93. The topological polar surface area (TPSA) is 47.9 Å². The maximum Gasteiger partial charge on any atom is 0.166 e. The summed E-state index contributed by atoms with van der Waals surface area (Å²) < 4.78 is 15.6. The average molecular weight is 254 g/mol. The van der Waals surface area contributed by atoms with E-state index in [1.165, 1.54) is 0 Å². The zero-order valence-electron chi connectivity index (χ0n) is 11.5. The summed E-state index contributed by atoms with van der Waals surface area (Å²) in [5, 5.41) is 10.4. The Hall–Kier alpha value is -1.26. The molecule has 0 amide bonds. The lowest BCUT2D eigenvalue weighted by Crippen LogP contribution is -2.13. The molecule has 0 fully saturated rings. The molecule has 0 aliphatic carbocycles. The summed E-state index contributed by atoms with van der Waals surface area (Å²) in [6, 6.07) is 5.52. The van der Waals surface area contributed by atoms with Gasteiger partial charge in [0.2, 0.25) is 0 Å². The minimum atomic E-state index is -0.592. The van der Waals surface area contributed by atoms with Gasteiger partial charge in [-0.3, -0.25) is 0 Å². The third kappa shape index (κ3) is 3.37. The quantitative estimate of drug-likeness (QED) is 0.811. The van der Waals surface area contributed by atoms with Gasteiger partial charge in [-0.2, -0.15) is 0 Å². The Morgan fingerprint density at radius 3 is 2.44 bits per heavy atom. The van der Waals surface area contributed by atoms with Crippen molar-refractivity contribution in [3.63, 3.8) is 0 Å². The van der Waals surface area contributed by atoms with Crippen LogP contribution in [0.2, 0.25) is 0 Å². The van der Waals surface area contributed by atoms with Gasteiger partial charge in [0.05, 0.1) is 20.3 Å². The highest BCUT2D eigenvalue weighted by Gasteiger charge is 2.21. The molecule has 0 radical (unpaired) electrons. The van der Waals surface area contributed by atoms with Crippen LogP contribution in [0, 0.1) is 5.92 Å². The summed E-state index contributed by atoms with van der Waals surface area (Å²) in [5.74, 6) is 1.32. The van der Waals surface area contributed by atoms with Crippen LogP contribution in [0.15, 0.2) is 18.2 Å². The van der Waals surface area contributed by atoms with Crippen molar-refractivity contribution in [3.05, 3.63) is 23.8 Å². The molecule has 0 saturated carbocycles. The predicted molar refractivity (Wildman–Crippen MR) is 70.2 cm³/mol. The van der Waals surface area contributed by atoms with Gasteiger partial charge in [0.25, 0.3) is 0 Å². The molecule has 1 N–H and O–H groups in total. The molecule has 18 heavy (non-hydrogen) atoms. The lowest BCUT2D eigenvalue weighted by Gasteiger charge is -2.22. The standard InChI is InChI=1S/C14H22O4/c1-10(8-9-16-2)13(15)11-6-5-7-12(17-3)14(11)18-4/h5-7,10,13,15H,8-9H2,1-4H3. The van der Waals surface area contributed by atoms with Gasteiger partial charge in [0.15, 0.2) is 11.5 Å². The molecule has 0 bridgehead atoms. The second kappa shape index (κ2) is 7.24. The van der Waals surface area contributed by atoms with Crippen molar-refractivity contribution < 1.29 is 19.3 Å². The van der Waals surface area contributed by atoms with Crippen molar-refractivity contribution in [2.75, 3.05) is 27.9 Å². The van der Waals surface area contributed by atoms with E-state index in [4.69, 9.17) is 14.2 Å². The third-order valence-electron chi connectivity index (χ3n) is 3.07. The number of methoxy groups -OCH3 is 3. The van der Waals surface area contributed by atoms with Gasteiger partial charge in [-0.25, -0.2) is 0 Å². The van der Waals surface area contributed by atoms with E-state index in [9.17, 15) is 5.11 Å².